The van der Waals surface area contributed by atoms with Crippen molar-refractivity contribution in [3.8, 4) is 11.8 Å². The highest BCUT2D eigenvalue weighted by atomic mass is 35.5. The smallest absolute Gasteiger partial charge is 0.276 e. The minimum absolute atomic E-state index is 0.183. The van der Waals surface area contributed by atoms with Crippen LogP contribution in [0.15, 0.2) is 48.8 Å². The first kappa shape index (κ1) is 21.0. The van der Waals surface area contributed by atoms with Gasteiger partial charge in [0.05, 0.1) is 11.2 Å². The largest absolute Gasteiger partial charge is 0.381 e. The Morgan fingerprint density at radius 3 is 2.68 bits per heavy atom. The molecule has 4 rings (SSSR count). The first-order valence-electron chi connectivity index (χ1n) is 9.93. The number of carbonyl (C=O) groups excluding carboxylic acids is 1. The molecule has 0 saturated carbocycles. The lowest BCUT2D eigenvalue weighted by Gasteiger charge is -2.22. The van der Waals surface area contributed by atoms with Gasteiger partial charge < -0.3 is 10.1 Å². The number of benzene rings is 1. The summed E-state index contributed by atoms with van der Waals surface area (Å²) in [6.07, 6.45) is 4.61. The number of anilines is 1. The predicted molar refractivity (Wildman–Crippen MR) is 115 cm³/mol. The molecule has 1 aliphatic heterocycles. The van der Waals surface area contributed by atoms with E-state index in [4.69, 9.17) is 16.3 Å². The van der Waals surface area contributed by atoms with Crippen LogP contribution in [0.5, 0.6) is 0 Å². The third-order valence-corrected chi connectivity index (χ3v) is 5.26. The van der Waals surface area contributed by atoms with Crippen LogP contribution in [0.4, 0.5) is 10.2 Å². The molecule has 31 heavy (non-hydrogen) atoms. The van der Waals surface area contributed by atoms with Crippen molar-refractivity contribution in [2.75, 3.05) is 18.5 Å². The van der Waals surface area contributed by atoms with Gasteiger partial charge in [-0.05, 0) is 37.0 Å². The number of aromatic nitrogens is 3. The topological polar surface area (TPSA) is 69.0 Å². The molecule has 3 aromatic rings. The lowest BCUT2D eigenvalue weighted by molar-refractivity contribution is 0.0598. The van der Waals surface area contributed by atoms with Gasteiger partial charge in [0, 0.05) is 37.1 Å². The van der Waals surface area contributed by atoms with E-state index in [1.165, 1.54) is 18.5 Å². The lowest BCUT2D eigenvalue weighted by Crippen LogP contribution is -2.25. The molecule has 2 aromatic heterocycles. The van der Waals surface area contributed by atoms with Crippen molar-refractivity contribution in [3.05, 3.63) is 76.5 Å². The van der Waals surface area contributed by atoms with Gasteiger partial charge in [-0.1, -0.05) is 41.6 Å². The van der Waals surface area contributed by atoms with Gasteiger partial charge in [-0.2, -0.15) is 5.10 Å². The van der Waals surface area contributed by atoms with Gasteiger partial charge in [-0.3, -0.25) is 9.48 Å². The summed E-state index contributed by atoms with van der Waals surface area (Å²) in [5.41, 5.74) is 1.40. The first-order valence-corrected chi connectivity index (χ1v) is 10.3. The number of carbonyl (C=O) groups is 1. The summed E-state index contributed by atoms with van der Waals surface area (Å²) in [4.78, 5) is 16.8. The van der Waals surface area contributed by atoms with E-state index in [9.17, 15) is 9.18 Å². The van der Waals surface area contributed by atoms with Crippen molar-refractivity contribution >= 4 is 23.3 Å². The minimum atomic E-state index is -0.681. The van der Waals surface area contributed by atoms with Crippen molar-refractivity contribution in [1.82, 2.24) is 14.8 Å². The number of nitrogens with one attached hydrogen (secondary N) is 1. The van der Waals surface area contributed by atoms with E-state index in [1.54, 1.807) is 4.68 Å². The van der Waals surface area contributed by atoms with Crippen LogP contribution in [0.2, 0.25) is 5.02 Å². The molecule has 1 saturated heterocycles. The number of ether oxygens (including phenoxy) is 1. The van der Waals surface area contributed by atoms with E-state index >= 15 is 0 Å². The van der Waals surface area contributed by atoms with Crippen LogP contribution in [0.3, 0.4) is 0 Å². The minimum Gasteiger partial charge on any atom is -0.381 e. The zero-order chi connectivity index (χ0) is 21.6. The average Bonchev–Trinajstić information content (AvgIpc) is 3.15. The third kappa shape index (κ3) is 5.29. The van der Waals surface area contributed by atoms with Crippen LogP contribution in [-0.4, -0.2) is 33.9 Å². The molecule has 8 heteroatoms. The maximum atomic E-state index is 14.5. The number of rotatable bonds is 4. The molecule has 0 aliphatic carbocycles. The lowest BCUT2D eigenvalue weighted by atomic mass is 10.0. The van der Waals surface area contributed by atoms with E-state index in [0.29, 0.717) is 31.2 Å². The van der Waals surface area contributed by atoms with Crippen LogP contribution < -0.4 is 5.32 Å². The zero-order valence-corrected chi connectivity index (χ0v) is 17.4. The third-order valence-electron chi connectivity index (χ3n) is 4.98. The van der Waals surface area contributed by atoms with Crippen molar-refractivity contribution < 1.29 is 13.9 Å². The van der Waals surface area contributed by atoms with E-state index < -0.39 is 11.7 Å². The molecule has 0 unspecified atom stereocenters. The number of hydrogen-bond donors (Lipinski definition) is 1. The maximum Gasteiger partial charge on any atom is 0.276 e. The molecule has 1 aromatic carbocycles. The van der Waals surface area contributed by atoms with E-state index in [2.05, 4.69) is 27.2 Å². The summed E-state index contributed by atoms with van der Waals surface area (Å²) in [5.74, 6) is 4.71. The highest BCUT2D eigenvalue weighted by molar-refractivity contribution is 6.34. The summed E-state index contributed by atoms with van der Waals surface area (Å²) in [6.45, 7) is 1.93. The van der Waals surface area contributed by atoms with Gasteiger partial charge >= 0.3 is 0 Å². The fourth-order valence-electron chi connectivity index (χ4n) is 3.33. The van der Waals surface area contributed by atoms with Crippen LogP contribution in [0, 0.1) is 23.6 Å². The maximum absolute atomic E-state index is 14.5. The SMILES string of the molecule is O=C(Nc1ncc(C#Cc2ccccc2)cc1F)c1c(Cl)cnn1CC1CCOCC1. The Morgan fingerprint density at radius 1 is 1.19 bits per heavy atom. The summed E-state index contributed by atoms with van der Waals surface area (Å²) >= 11 is 6.19. The van der Waals surface area contributed by atoms with E-state index in [-0.39, 0.29) is 16.5 Å². The molecule has 0 bridgehead atoms. The summed E-state index contributed by atoms with van der Waals surface area (Å²) in [6, 6.07) is 10.6. The number of halogens is 2. The highest BCUT2D eigenvalue weighted by Gasteiger charge is 2.23. The van der Waals surface area contributed by atoms with Gasteiger partial charge in [0.1, 0.15) is 5.69 Å². The average molecular weight is 439 g/mol. The van der Waals surface area contributed by atoms with Crippen molar-refractivity contribution in [3.63, 3.8) is 0 Å². The van der Waals surface area contributed by atoms with E-state index in [0.717, 1.165) is 18.4 Å². The molecule has 1 N–H and O–H groups in total. The van der Waals surface area contributed by atoms with Crippen LogP contribution >= 0.6 is 11.6 Å². The first-order chi connectivity index (χ1) is 15.1. The monoisotopic (exact) mass is 438 g/mol. The Bertz CT molecular complexity index is 1130. The van der Waals surface area contributed by atoms with Gasteiger partial charge in [0.15, 0.2) is 11.6 Å². The summed E-state index contributed by atoms with van der Waals surface area (Å²) in [5, 5.41) is 6.91. The molecule has 0 radical (unpaired) electrons. The molecule has 6 nitrogen and oxygen atoms in total. The zero-order valence-electron chi connectivity index (χ0n) is 16.6. The Morgan fingerprint density at radius 2 is 1.94 bits per heavy atom. The number of nitrogens with zero attached hydrogens (tertiary/aromatic N) is 3. The second-order valence-electron chi connectivity index (χ2n) is 7.20. The van der Waals surface area contributed by atoms with Crippen LogP contribution in [0.25, 0.3) is 0 Å². The molecule has 0 atom stereocenters. The Kier molecular flexibility index (Phi) is 6.60. The molecule has 158 valence electrons. The van der Waals surface area contributed by atoms with Crippen LogP contribution in [-0.2, 0) is 11.3 Å². The second-order valence-corrected chi connectivity index (χ2v) is 7.61. The number of pyridine rings is 1. The fraction of sp³-hybridized carbons (Fsp3) is 0.261. The van der Waals surface area contributed by atoms with Gasteiger partial charge in [-0.25, -0.2) is 9.37 Å². The normalized spacial score (nSPS) is 14.0. The molecule has 3 heterocycles. The molecule has 0 spiro atoms. The molecule has 1 amide bonds. The Hall–Kier alpha value is -3.21. The van der Waals surface area contributed by atoms with Crippen molar-refractivity contribution in [2.45, 2.75) is 19.4 Å². The quantitative estimate of drug-likeness (QED) is 0.621. The summed E-state index contributed by atoms with van der Waals surface area (Å²) < 4.78 is 21.5. The Balaban J connectivity index is 1.48. The number of hydrogen-bond acceptors (Lipinski definition) is 4. The molecular weight excluding hydrogens is 419 g/mol. The van der Waals surface area contributed by atoms with Gasteiger partial charge in [-0.15, -0.1) is 0 Å². The predicted octanol–water partition coefficient (Wildman–Crippen LogP) is 4.15. The number of amides is 1. The Labute approximate surface area is 184 Å². The van der Waals surface area contributed by atoms with Gasteiger partial charge in [0.25, 0.3) is 5.91 Å². The van der Waals surface area contributed by atoms with E-state index in [1.807, 2.05) is 30.3 Å². The van der Waals surface area contributed by atoms with Crippen LogP contribution in [0.1, 0.15) is 34.5 Å². The fourth-order valence-corrected chi connectivity index (χ4v) is 3.56. The molecule has 1 fully saturated rings. The molecule has 1 aliphatic rings. The molecular formula is C23H20ClFN4O2. The van der Waals surface area contributed by atoms with Crippen molar-refractivity contribution in [2.24, 2.45) is 5.92 Å². The highest BCUT2D eigenvalue weighted by Crippen LogP contribution is 2.22. The standard InChI is InChI=1S/C23H20ClFN4O2/c24-19-14-27-29(15-17-8-10-31-11-9-17)21(19)23(30)28-22-20(25)12-18(13-26-22)7-6-16-4-2-1-3-5-16/h1-5,12-14,17H,8-11,15H2,(H,26,28,30). The summed E-state index contributed by atoms with van der Waals surface area (Å²) in [7, 11) is 0. The van der Waals surface area contributed by atoms with Gasteiger partial charge in [0.2, 0.25) is 0 Å². The second kappa shape index (κ2) is 9.73. The van der Waals surface area contributed by atoms with Crippen molar-refractivity contribution in [1.29, 1.82) is 0 Å².